The lowest BCUT2D eigenvalue weighted by molar-refractivity contribution is -0.137. The third kappa shape index (κ3) is 6.71. The van der Waals surface area contributed by atoms with Crippen molar-refractivity contribution in [2.45, 2.75) is 19.4 Å². The van der Waals surface area contributed by atoms with Gasteiger partial charge < -0.3 is 15.2 Å². The molecule has 3 rings (SSSR count). The van der Waals surface area contributed by atoms with E-state index in [2.05, 4.69) is 5.32 Å². The van der Waals surface area contributed by atoms with Crippen molar-refractivity contribution in [3.8, 4) is 5.75 Å². The number of hydrogen-bond acceptors (Lipinski definition) is 6. The van der Waals surface area contributed by atoms with Gasteiger partial charge in [-0.3, -0.25) is 24.1 Å². The van der Waals surface area contributed by atoms with Crippen LogP contribution in [0.4, 0.5) is 4.79 Å². The fourth-order valence-corrected chi connectivity index (χ4v) is 3.73. The van der Waals surface area contributed by atoms with E-state index in [0.717, 1.165) is 22.2 Å². The third-order valence-electron chi connectivity index (χ3n) is 4.47. The second-order valence-electron chi connectivity index (χ2n) is 6.96. The van der Waals surface area contributed by atoms with Gasteiger partial charge in [-0.05, 0) is 47.5 Å². The number of nitrogens with zero attached hydrogens (tertiary/aromatic N) is 1. The van der Waals surface area contributed by atoms with Crippen LogP contribution < -0.4 is 10.1 Å². The Hall–Kier alpha value is -3.59. The van der Waals surface area contributed by atoms with Crippen LogP contribution in [0, 0.1) is 0 Å². The minimum absolute atomic E-state index is 0.0707. The molecule has 1 aliphatic heterocycles. The first-order chi connectivity index (χ1) is 15.4. The van der Waals surface area contributed by atoms with E-state index in [1.165, 1.54) is 0 Å². The van der Waals surface area contributed by atoms with E-state index in [0.29, 0.717) is 17.9 Å². The Balaban J connectivity index is 1.58. The van der Waals surface area contributed by atoms with Gasteiger partial charge in [0.15, 0.2) is 0 Å². The molecule has 2 aromatic rings. The summed E-state index contributed by atoms with van der Waals surface area (Å²) < 4.78 is 5.79. The Morgan fingerprint density at radius 1 is 1.09 bits per heavy atom. The van der Waals surface area contributed by atoms with Crippen molar-refractivity contribution < 1.29 is 29.0 Å². The molecule has 0 radical (unpaired) electrons. The minimum atomic E-state index is -0.954. The summed E-state index contributed by atoms with van der Waals surface area (Å²) in [5.41, 5.74) is 1.72. The van der Waals surface area contributed by atoms with Crippen molar-refractivity contribution in [2.24, 2.45) is 0 Å². The molecule has 0 aliphatic carbocycles. The Kier molecular flexibility index (Phi) is 8.04. The van der Waals surface area contributed by atoms with Gasteiger partial charge in [0.05, 0.1) is 4.91 Å². The first-order valence-corrected chi connectivity index (χ1v) is 10.7. The molecule has 1 aliphatic rings. The monoisotopic (exact) mass is 454 g/mol. The summed E-state index contributed by atoms with van der Waals surface area (Å²) in [6.45, 7) is 0.157. The zero-order chi connectivity index (χ0) is 22.9. The van der Waals surface area contributed by atoms with Crippen LogP contribution in [0.25, 0.3) is 6.08 Å². The number of ether oxygens (including phenoxy) is 1. The summed E-state index contributed by atoms with van der Waals surface area (Å²) >= 11 is 0.767. The summed E-state index contributed by atoms with van der Waals surface area (Å²) in [7, 11) is 0. The number of carbonyl (C=O) groups excluding carboxylic acids is 3. The van der Waals surface area contributed by atoms with Gasteiger partial charge in [0, 0.05) is 13.0 Å². The van der Waals surface area contributed by atoms with Gasteiger partial charge in [0.25, 0.3) is 11.1 Å². The Morgan fingerprint density at radius 3 is 2.62 bits per heavy atom. The van der Waals surface area contributed by atoms with E-state index in [1.54, 1.807) is 30.3 Å². The number of amides is 3. The second kappa shape index (κ2) is 11.1. The van der Waals surface area contributed by atoms with Gasteiger partial charge >= 0.3 is 5.97 Å². The number of imide groups is 1. The van der Waals surface area contributed by atoms with E-state index in [9.17, 15) is 19.2 Å². The number of carbonyl (C=O) groups is 4. The molecule has 0 aromatic heterocycles. The first-order valence-electron chi connectivity index (χ1n) is 9.93. The van der Waals surface area contributed by atoms with Crippen molar-refractivity contribution in [3.05, 3.63) is 70.6 Å². The molecule has 0 saturated carbocycles. The maximum absolute atomic E-state index is 12.6. The van der Waals surface area contributed by atoms with Gasteiger partial charge in [-0.25, -0.2) is 0 Å². The predicted octanol–water partition coefficient (Wildman–Crippen LogP) is 3.28. The highest BCUT2D eigenvalue weighted by molar-refractivity contribution is 8.18. The van der Waals surface area contributed by atoms with Crippen molar-refractivity contribution in [1.29, 1.82) is 0 Å². The van der Waals surface area contributed by atoms with Crippen molar-refractivity contribution in [2.75, 3.05) is 13.1 Å². The average molecular weight is 455 g/mol. The highest BCUT2D eigenvalue weighted by Crippen LogP contribution is 2.32. The van der Waals surface area contributed by atoms with Crippen LogP contribution in [0.15, 0.2) is 59.5 Å². The number of carboxylic acid groups (broad SMARTS) is 1. The molecule has 32 heavy (non-hydrogen) atoms. The van der Waals surface area contributed by atoms with Crippen LogP contribution >= 0.6 is 11.8 Å². The van der Waals surface area contributed by atoms with E-state index in [-0.39, 0.29) is 24.3 Å². The van der Waals surface area contributed by atoms with E-state index in [1.807, 2.05) is 30.3 Å². The number of nitrogens with one attached hydrogen (secondary N) is 1. The molecule has 0 unspecified atom stereocenters. The topological polar surface area (TPSA) is 113 Å². The fraction of sp³-hybridized carbons (Fsp3) is 0.217. The molecular weight excluding hydrogens is 432 g/mol. The lowest BCUT2D eigenvalue weighted by Gasteiger charge is -2.12. The Labute approximate surface area is 189 Å². The molecule has 1 heterocycles. The maximum atomic E-state index is 12.6. The summed E-state index contributed by atoms with van der Waals surface area (Å²) in [5, 5.41) is 10.6. The van der Waals surface area contributed by atoms with Crippen LogP contribution in [-0.2, 0) is 21.0 Å². The molecule has 9 heteroatoms. The van der Waals surface area contributed by atoms with Crippen LogP contribution in [0.3, 0.4) is 0 Å². The largest absolute Gasteiger partial charge is 0.489 e. The minimum Gasteiger partial charge on any atom is -0.489 e. The van der Waals surface area contributed by atoms with E-state index in [4.69, 9.17) is 9.84 Å². The summed E-state index contributed by atoms with van der Waals surface area (Å²) in [6.07, 6.45) is 1.79. The molecule has 2 N–H and O–H groups in total. The number of thioether (sulfide) groups is 1. The smallest absolute Gasteiger partial charge is 0.303 e. The van der Waals surface area contributed by atoms with Crippen LogP contribution in [0.2, 0.25) is 0 Å². The van der Waals surface area contributed by atoms with Gasteiger partial charge in [-0.1, -0.05) is 42.5 Å². The summed E-state index contributed by atoms with van der Waals surface area (Å²) in [5.74, 6) is -1.39. The zero-order valence-corrected chi connectivity index (χ0v) is 18.0. The predicted molar refractivity (Wildman–Crippen MR) is 120 cm³/mol. The summed E-state index contributed by atoms with van der Waals surface area (Å²) in [6, 6.07) is 16.9. The van der Waals surface area contributed by atoms with Crippen LogP contribution in [0.5, 0.6) is 5.75 Å². The molecule has 0 atom stereocenters. The molecule has 3 amide bonds. The van der Waals surface area contributed by atoms with Crippen LogP contribution in [0.1, 0.15) is 24.0 Å². The zero-order valence-electron chi connectivity index (χ0n) is 17.2. The van der Waals surface area contributed by atoms with Crippen LogP contribution in [-0.4, -0.2) is 46.1 Å². The van der Waals surface area contributed by atoms with E-state index < -0.39 is 29.6 Å². The van der Waals surface area contributed by atoms with E-state index >= 15 is 0 Å². The molecule has 166 valence electrons. The molecule has 0 spiro atoms. The van der Waals surface area contributed by atoms with Crippen molar-refractivity contribution >= 4 is 40.9 Å². The quantitative estimate of drug-likeness (QED) is 0.418. The van der Waals surface area contributed by atoms with Crippen molar-refractivity contribution in [3.63, 3.8) is 0 Å². The molecule has 2 aromatic carbocycles. The van der Waals surface area contributed by atoms with Gasteiger partial charge in [-0.15, -0.1) is 0 Å². The Bertz CT molecular complexity index is 1040. The molecular formula is C23H22N2O6S. The lowest BCUT2D eigenvalue weighted by atomic mass is 10.2. The number of hydrogen-bond donors (Lipinski definition) is 2. The lowest BCUT2D eigenvalue weighted by Crippen LogP contribution is -2.39. The highest BCUT2D eigenvalue weighted by atomic mass is 32.2. The summed E-state index contributed by atoms with van der Waals surface area (Å²) in [4.78, 5) is 48.4. The Morgan fingerprint density at radius 2 is 1.88 bits per heavy atom. The third-order valence-corrected chi connectivity index (χ3v) is 5.38. The fourth-order valence-electron chi connectivity index (χ4n) is 2.89. The normalized spacial score (nSPS) is 14.6. The van der Waals surface area contributed by atoms with Gasteiger partial charge in [0.2, 0.25) is 5.91 Å². The number of carboxylic acids is 1. The van der Waals surface area contributed by atoms with Gasteiger partial charge in [-0.2, -0.15) is 0 Å². The standard InChI is InChI=1S/C23H22N2O6S/c26-20(24-11-5-10-21(27)28)14-25-22(29)19(32-23(25)30)13-17-8-4-9-18(12-17)31-15-16-6-2-1-3-7-16/h1-4,6-9,12-13H,5,10-11,14-15H2,(H,24,26)(H,27,28)/b19-13-. The molecule has 1 saturated heterocycles. The second-order valence-corrected chi connectivity index (χ2v) is 7.96. The molecule has 1 fully saturated rings. The number of benzene rings is 2. The van der Waals surface area contributed by atoms with Gasteiger partial charge in [0.1, 0.15) is 18.9 Å². The average Bonchev–Trinajstić information content (AvgIpc) is 3.03. The van der Waals surface area contributed by atoms with Crippen molar-refractivity contribution in [1.82, 2.24) is 10.2 Å². The maximum Gasteiger partial charge on any atom is 0.303 e. The number of rotatable bonds is 10. The SMILES string of the molecule is O=C(O)CCCNC(=O)CN1C(=O)S/C(=C\c2cccc(OCc3ccccc3)c2)C1=O. The highest BCUT2D eigenvalue weighted by Gasteiger charge is 2.36. The first kappa shape index (κ1) is 23.1. The molecule has 0 bridgehead atoms. The number of aliphatic carboxylic acids is 1. The molecule has 8 nitrogen and oxygen atoms in total.